The molecule has 0 spiro atoms. The van der Waals surface area contributed by atoms with Crippen LogP contribution in [0, 0.1) is 5.82 Å². The van der Waals surface area contributed by atoms with E-state index in [1.807, 2.05) is 24.3 Å². The Morgan fingerprint density at radius 2 is 1.91 bits per heavy atom. The monoisotopic (exact) mass is 308 g/mol. The molecule has 4 heteroatoms. The molecule has 1 N–H and O–H groups in total. The van der Waals surface area contributed by atoms with Crippen LogP contribution in [0.25, 0.3) is 5.57 Å². The smallest absolute Gasteiger partial charge is 0.251 e. The standard InChI is InChI=1S/C19H17FN2O/c20-16-4-6-17(7-5-16)22-9-1-2-14(12-22)13-3-8-18-15(10-13)11-21-19(18)23/h2-8,10H,1,9,11-12H2,(H,21,23). The molecule has 1 amide bonds. The fourth-order valence-corrected chi connectivity index (χ4v) is 3.26. The molecule has 0 saturated carbocycles. The third-order valence-corrected chi connectivity index (χ3v) is 4.50. The van der Waals surface area contributed by atoms with Gasteiger partial charge in [-0.15, -0.1) is 0 Å². The van der Waals surface area contributed by atoms with Gasteiger partial charge in [-0.2, -0.15) is 0 Å². The highest BCUT2D eigenvalue weighted by atomic mass is 19.1. The maximum absolute atomic E-state index is 13.1. The maximum Gasteiger partial charge on any atom is 0.251 e. The minimum atomic E-state index is -0.211. The van der Waals surface area contributed by atoms with Gasteiger partial charge in [0.05, 0.1) is 0 Å². The average Bonchev–Trinajstić information content (AvgIpc) is 2.96. The minimum Gasteiger partial charge on any atom is -0.367 e. The predicted octanol–water partition coefficient (Wildman–Crippen LogP) is 3.36. The first-order valence-electron chi connectivity index (χ1n) is 7.82. The molecule has 23 heavy (non-hydrogen) atoms. The summed E-state index contributed by atoms with van der Waals surface area (Å²) in [5.74, 6) is -0.200. The van der Waals surface area contributed by atoms with E-state index in [1.54, 1.807) is 0 Å². The Labute approximate surface area is 134 Å². The van der Waals surface area contributed by atoms with Gasteiger partial charge in [-0.25, -0.2) is 4.39 Å². The van der Waals surface area contributed by atoms with Crippen molar-refractivity contribution in [2.45, 2.75) is 13.0 Å². The molecule has 2 aliphatic rings. The number of fused-ring (bicyclic) bond motifs is 1. The zero-order valence-corrected chi connectivity index (χ0v) is 12.7. The molecule has 2 aliphatic heterocycles. The van der Waals surface area contributed by atoms with E-state index in [1.165, 1.54) is 17.7 Å². The second-order valence-electron chi connectivity index (χ2n) is 5.97. The molecule has 0 aliphatic carbocycles. The lowest BCUT2D eigenvalue weighted by Crippen LogP contribution is -2.29. The van der Waals surface area contributed by atoms with Crippen LogP contribution in [0.15, 0.2) is 48.5 Å². The molecule has 0 aromatic heterocycles. The zero-order valence-electron chi connectivity index (χ0n) is 12.7. The van der Waals surface area contributed by atoms with Gasteiger partial charge in [0.1, 0.15) is 5.82 Å². The number of benzene rings is 2. The van der Waals surface area contributed by atoms with Crippen LogP contribution in [-0.4, -0.2) is 19.0 Å². The Hall–Kier alpha value is -2.62. The van der Waals surface area contributed by atoms with Crippen LogP contribution in [-0.2, 0) is 6.54 Å². The van der Waals surface area contributed by atoms with Gasteiger partial charge in [0.2, 0.25) is 0 Å². The van der Waals surface area contributed by atoms with Gasteiger partial charge in [0.15, 0.2) is 0 Å². The van der Waals surface area contributed by atoms with Crippen LogP contribution in [0.2, 0.25) is 0 Å². The number of nitrogens with zero attached hydrogens (tertiary/aromatic N) is 1. The van der Waals surface area contributed by atoms with E-state index < -0.39 is 0 Å². The van der Waals surface area contributed by atoms with Gasteiger partial charge in [-0.05, 0) is 59.5 Å². The SMILES string of the molecule is O=C1NCc2cc(C3=CCCN(c4ccc(F)cc4)C3)ccc21. The Balaban J connectivity index is 1.59. The lowest BCUT2D eigenvalue weighted by atomic mass is 9.97. The lowest BCUT2D eigenvalue weighted by molar-refractivity contribution is 0.0966. The van der Waals surface area contributed by atoms with E-state index in [2.05, 4.69) is 22.4 Å². The number of amides is 1. The van der Waals surface area contributed by atoms with Gasteiger partial charge in [0.25, 0.3) is 5.91 Å². The number of carbonyl (C=O) groups excluding carboxylic acids is 1. The van der Waals surface area contributed by atoms with E-state index in [4.69, 9.17) is 0 Å². The van der Waals surface area contributed by atoms with Gasteiger partial charge < -0.3 is 10.2 Å². The summed E-state index contributed by atoms with van der Waals surface area (Å²) in [6, 6.07) is 12.7. The number of hydrogen-bond donors (Lipinski definition) is 1. The Morgan fingerprint density at radius 3 is 2.74 bits per heavy atom. The number of rotatable bonds is 2. The molecular weight excluding hydrogens is 291 g/mol. The van der Waals surface area contributed by atoms with Crippen molar-refractivity contribution >= 4 is 17.2 Å². The molecule has 0 fully saturated rings. The fourth-order valence-electron chi connectivity index (χ4n) is 3.26. The molecule has 2 aromatic rings. The van der Waals surface area contributed by atoms with E-state index in [9.17, 15) is 9.18 Å². The molecule has 3 nitrogen and oxygen atoms in total. The van der Waals surface area contributed by atoms with Crippen molar-refractivity contribution in [2.75, 3.05) is 18.0 Å². The van der Waals surface area contributed by atoms with Crippen molar-refractivity contribution < 1.29 is 9.18 Å². The van der Waals surface area contributed by atoms with Crippen molar-refractivity contribution in [1.82, 2.24) is 5.32 Å². The third-order valence-electron chi connectivity index (χ3n) is 4.50. The molecule has 2 aromatic carbocycles. The van der Waals surface area contributed by atoms with Gasteiger partial charge in [-0.1, -0.05) is 12.1 Å². The number of carbonyl (C=O) groups is 1. The van der Waals surface area contributed by atoms with E-state index in [-0.39, 0.29) is 11.7 Å². The summed E-state index contributed by atoms with van der Waals surface area (Å²) in [7, 11) is 0. The number of anilines is 1. The van der Waals surface area contributed by atoms with Crippen LogP contribution in [0.4, 0.5) is 10.1 Å². The second-order valence-corrected chi connectivity index (χ2v) is 5.97. The highest BCUT2D eigenvalue weighted by molar-refractivity contribution is 5.98. The average molecular weight is 308 g/mol. The predicted molar refractivity (Wildman–Crippen MR) is 88.8 cm³/mol. The van der Waals surface area contributed by atoms with Gasteiger partial charge in [0, 0.05) is 30.9 Å². The third kappa shape index (κ3) is 2.61. The van der Waals surface area contributed by atoms with E-state index >= 15 is 0 Å². The topological polar surface area (TPSA) is 32.3 Å². The minimum absolute atomic E-state index is 0.0112. The van der Waals surface area contributed by atoms with Crippen LogP contribution < -0.4 is 10.2 Å². The summed E-state index contributed by atoms with van der Waals surface area (Å²) in [5.41, 5.74) is 5.29. The Kier molecular flexibility index (Phi) is 3.37. The van der Waals surface area contributed by atoms with E-state index in [0.29, 0.717) is 6.54 Å². The summed E-state index contributed by atoms with van der Waals surface area (Å²) < 4.78 is 13.1. The van der Waals surface area contributed by atoms with Crippen LogP contribution >= 0.6 is 0 Å². The number of halogens is 1. The summed E-state index contributed by atoms with van der Waals surface area (Å²) in [6.07, 6.45) is 3.22. The highest BCUT2D eigenvalue weighted by Gasteiger charge is 2.20. The Morgan fingerprint density at radius 1 is 1.09 bits per heavy atom. The molecule has 2 heterocycles. The molecule has 4 rings (SSSR count). The van der Waals surface area contributed by atoms with Crippen molar-refractivity contribution in [1.29, 1.82) is 0 Å². The summed E-state index contributed by atoms with van der Waals surface area (Å²) in [6.45, 7) is 2.34. The van der Waals surface area contributed by atoms with Crippen molar-refractivity contribution in [3.8, 4) is 0 Å². The normalized spacial score (nSPS) is 16.8. The van der Waals surface area contributed by atoms with Crippen LogP contribution in [0.3, 0.4) is 0 Å². The molecule has 0 unspecified atom stereocenters. The molecule has 116 valence electrons. The highest BCUT2D eigenvalue weighted by Crippen LogP contribution is 2.27. The van der Waals surface area contributed by atoms with Crippen molar-refractivity contribution in [3.05, 3.63) is 71.0 Å². The van der Waals surface area contributed by atoms with Crippen molar-refractivity contribution in [2.24, 2.45) is 0 Å². The largest absolute Gasteiger partial charge is 0.367 e. The fraction of sp³-hybridized carbons (Fsp3) is 0.211. The molecule has 0 radical (unpaired) electrons. The van der Waals surface area contributed by atoms with E-state index in [0.717, 1.165) is 41.9 Å². The second kappa shape index (κ2) is 5.54. The summed E-state index contributed by atoms with van der Waals surface area (Å²) >= 11 is 0. The summed E-state index contributed by atoms with van der Waals surface area (Å²) in [5, 5.41) is 2.85. The first-order chi connectivity index (χ1) is 11.2. The summed E-state index contributed by atoms with van der Waals surface area (Å²) in [4.78, 5) is 13.9. The molecule has 0 atom stereocenters. The molecule has 0 saturated heterocycles. The number of nitrogens with one attached hydrogen (secondary N) is 1. The maximum atomic E-state index is 13.1. The quantitative estimate of drug-likeness (QED) is 0.922. The lowest BCUT2D eigenvalue weighted by Gasteiger charge is -2.29. The first kappa shape index (κ1) is 14.0. The molecule has 0 bridgehead atoms. The zero-order chi connectivity index (χ0) is 15.8. The molecular formula is C19H17FN2O. The number of hydrogen-bond acceptors (Lipinski definition) is 2. The van der Waals surface area contributed by atoms with Crippen LogP contribution in [0.5, 0.6) is 0 Å². The Bertz CT molecular complexity index is 796. The van der Waals surface area contributed by atoms with Crippen molar-refractivity contribution in [3.63, 3.8) is 0 Å². The van der Waals surface area contributed by atoms with Gasteiger partial charge >= 0.3 is 0 Å². The van der Waals surface area contributed by atoms with Crippen LogP contribution in [0.1, 0.15) is 27.9 Å². The van der Waals surface area contributed by atoms with Gasteiger partial charge in [-0.3, -0.25) is 4.79 Å². The first-order valence-corrected chi connectivity index (χ1v) is 7.82.